The number of rotatable bonds is 2. The van der Waals surface area contributed by atoms with Gasteiger partial charge in [-0.05, 0) is 15.9 Å². The van der Waals surface area contributed by atoms with Crippen LogP contribution in [0.4, 0.5) is 0 Å². The van der Waals surface area contributed by atoms with Crippen molar-refractivity contribution in [3.05, 3.63) is 16.4 Å². The number of nitrogens with zero attached hydrogens (tertiary/aromatic N) is 3. The highest BCUT2D eigenvalue weighted by Gasteiger charge is 2.18. The van der Waals surface area contributed by atoms with Crippen molar-refractivity contribution >= 4 is 21.8 Å². The van der Waals surface area contributed by atoms with E-state index in [1.54, 1.807) is 15.9 Å². The Labute approximate surface area is 108 Å². The van der Waals surface area contributed by atoms with Gasteiger partial charge in [0.1, 0.15) is 0 Å². The number of aryl methyl sites for hydroxylation is 1. The van der Waals surface area contributed by atoms with Gasteiger partial charge in [0.15, 0.2) is 0 Å². The van der Waals surface area contributed by atoms with Gasteiger partial charge in [0.2, 0.25) is 5.91 Å². The lowest BCUT2D eigenvalue weighted by Gasteiger charge is -2.20. The SMILES string of the molecule is Cn1ncc(Br)c1CC(=O)N1CCOCCN1. The Morgan fingerprint density at radius 3 is 3.18 bits per heavy atom. The molecule has 0 bridgehead atoms. The quantitative estimate of drug-likeness (QED) is 0.841. The lowest BCUT2D eigenvalue weighted by atomic mass is 10.3. The van der Waals surface area contributed by atoms with Gasteiger partial charge in [0.25, 0.3) is 0 Å². The lowest BCUT2D eigenvalue weighted by Crippen LogP contribution is -2.44. The molecule has 1 N–H and O–H groups in total. The highest BCUT2D eigenvalue weighted by molar-refractivity contribution is 9.10. The zero-order valence-electron chi connectivity index (χ0n) is 9.65. The van der Waals surface area contributed by atoms with Crippen LogP contribution in [0, 0.1) is 0 Å². The maximum absolute atomic E-state index is 12.1. The third-order valence-electron chi connectivity index (χ3n) is 2.64. The van der Waals surface area contributed by atoms with Gasteiger partial charge in [-0.25, -0.2) is 5.43 Å². The number of aromatic nitrogens is 2. The smallest absolute Gasteiger partial charge is 0.242 e. The molecule has 1 aliphatic rings. The second-order valence-corrected chi connectivity index (χ2v) is 4.66. The Kier molecular flexibility index (Phi) is 4.14. The van der Waals surface area contributed by atoms with Gasteiger partial charge in [-0.1, -0.05) is 0 Å². The van der Waals surface area contributed by atoms with Crippen LogP contribution in [0.5, 0.6) is 0 Å². The van der Waals surface area contributed by atoms with E-state index >= 15 is 0 Å². The van der Waals surface area contributed by atoms with Crippen LogP contribution >= 0.6 is 15.9 Å². The maximum atomic E-state index is 12.1. The van der Waals surface area contributed by atoms with Crippen LogP contribution in [0.25, 0.3) is 0 Å². The van der Waals surface area contributed by atoms with Crippen LogP contribution in [0.3, 0.4) is 0 Å². The van der Waals surface area contributed by atoms with Crippen LogP contribution in [-0.4, -0.2) is 47.0 Å². The molecule has 0 saturated carbocycles. The number of carbonyl (C=O) groups excluding carboxylic acids is 1. The van der Waals surface area contributed by atoms with Crippen molar-refractivity contribution in [3.8, 4) is 0 Å². The molecule has 2 heterocycles. The summed E-state index contributed by atoms with van der Waals surface area (Å²) in [5.41, 5.74) is 3.92. The van der Waals surface area contributed by atoms with E-state index in [2.05, 4.69) is 26.5 Å². The molecule has 0 aliphatic carbocycles. The number of halogens is 1. The molecular weight excluding hydrogens is 288 g/mol. The van der Waals surface area contributed by atoms with Gasteiger partial charge in [-0.15, -0.1) is 0 Å². The predicted octanol–water partition coefficient (Wildman–Crippen LogP) is 0.0885. The molecule has 0 unspecified atom stereocenters. The van der Waals surface area contributed by atoms with E-state index in [1.165, 1.54) is 0 Å². The minimum atomic E-state index is 0.0276. The number of hydrazine groups is 1. The molecule has 1 aliphatic heterocycles. The Bertz CT molecular complexity index is 380. The highest BCUT2D eigenvalue weighted by Crippen LogP contribution is 2.16. The zero-order chi connectivity index (χ0) is 12.3. The average molecular weight is 303 g/mol. The monoisotopic (exact) mass is 302 g/mol. The largest absolute Gasteiger partial charge is 0.378 e. The number of hydrogen-bond acceptors (Lipinski definition) is 4. The fourth-order valence-corrected chi connectivity index (χ4v) is 2.16. The predicted molar refractivity (Wildman–Crippen MR) is 65.1 cm³/mol. The standard InChI is InChI=1S/C10H15BrN4O2/c1-14-9(8(11)7-13-14)6-10(16)15-3-5-17-4-2-12-15/h7,12H,2-6H2,1H3. The Balaban J connectivity index is 2.00. The Morgan fingerprint density at radius 2 is 2.47 bits per heavy atom. The van der Waals surface area contributed by atoms with Crippen LogP contribution in [-0.2, 0) is 23.0 Å². The fraction of sp³-hybridized carbons (Fsp3) is 0.600. The van der Waals surface area contributed by atoms with Crippen molar-refractivity contribution in [2.45, 2.75) is 6.42 Å². The van der Waals surface area contributed by atoms with Crippen LogP contribution < -0.4 is 5.43 Å². The van der Waals surface area contributed by atoms with Crippen molar-refractivity contribution in [2.24, 2.45) is 7.05 Å². The normalized spacial score (nSPS) is 16.9. The Hall–Kier alpha value is -0.920. The molecule has 1 amide bonds. The molecule has 7 heteroatoms. The number of carbonyl (C=O) groups is 1. The van der Waals surface area contributed by atoms with E-state index < -0.39 is 0 Å². The van der Waals surface area contributed by atoms with Gasteiger partial charge in [-0.2, -0.15) is 5.10 Å². The Morgan fingerprint density at radius 1 is 1.65 bits per heavy atom. The van der Waals surface area contributed by atoms with E-state index in [-0.39, 0.29) is 5.91 Å². The van der Waals surface area contributed by atoms with Gasteiger partial charge in [0, 0.05) is 13.6 Å². The first-order chi connectivity index (χ1) is 8.18. The summed E-state index contributed by atoms with van der Waals surface area (Å²) in [7, 11) is 1.83. The molecule has 1 aromatic rings. The second-order valence-electron chi connectivity index (χ2n) is 3.81. The summed E-state index contributed by atoms with van der Waals surface area (Å²) in [4.78, 5) is 12.1. The summed E-state index contributed by atoms with van der Waals surface area (Å²) in [6.45, 7) is 2.46. The molecule has 0 aromatic carbocycles. The molecule has 1 aromatic heterocycles. The third kappa shape index (κ3) is 3.05. The van der Waals surface area contributed by atoms with Crippen molar-refractivity contribution in [2.75, 3.05) is 26.3 Å². The fourth-order valence-electron chi connectivity index (χ4n) is 1.68. The molecule has 0 radical (unpaired) electrons. The van der Waals surface area contributed by atoms with Gasteiger partial charge >= 0.3 is 0 Å². The first-order valence-corrected chi connectivity index (χ1v) is 6.26. The molecule has 1 fully saturated rings. The molecule has 17 heavy (non-hydrogen) atoms. The summed E-state index contributed by atoms with van der Waals surface area (Å²) in [5.74, 6) is 0.0276. The van der Waals surface area contributed by atoms with Crippen molar-refractivity contribution in [3.63, 3.8) is 0 Å². The first-order valence-electron chi connectivity index (χ1n) is 5.46. The number of hydrogen-bond donors (Lipinski definition) is 1. The van der Waals surface area contributed by atoms with E-state index in [0.717, 1.165) is 10.2 Å². The zero-order valence-corrected chi connectivity index (χ0v) is 11.2. The maximum Gasteiger partial charge on any atom is 0.242 e. The average Bonchev–Trinajstić information content (AvgIpc) is 2.59. The van der Waals surface area contributed by atoms with Crippen molar-refractivity contribution < 1.29 is 9.53 Å². The molecule has 0 spiro atoms. The van der Waals surface area contributed by atoms with E-state index in [4.69, 9.17) is 4.74 Å². The van der Waals surface area contributed by atoms with Crippen LogP contribution in [0.2, 0.25) is 0 Å². The third-order valence-corrected chi connectivity index (χ3v) is 3.30. The van der Waals surface area contributed by atoms with E-state index in [9.17, 15) is 4.79 Å². The number of ether oxygens (including phenoxy) is 1. The first kappa shape index (κ1) is 12.5. The van der Waals surface area contributed by atoms with Gasteiger partial charge < -0.3 is 4.74 Å². The minimum Gasteiger partial charge on any atom is -0.378 e. The molecule has 1 saturated heterocycles. The minimum absolute atomic E-state index is 0.0276. The van der Waals surface area contributed by atoms with E-state index in [0.29, 0.717) is 32.7 Å². The second kappa shape index (κ2) is 5.61. The highest BCUT2D eigenvalue weighted by atomic mass is 79.9. The molecule has 6 nitrogen and oxygen atoms in total. The number of amides is 1. The van der Waals surface area contributed by atoms with Gasteiger partial charge in [0.05, 0.1) is 42.5 Å². The van der Waals surface area contributed by atoms with Crippen LogP contribution in [0.1, 0.15) is 5.69 Å². The molecular formula is C10H15BrN4O2. The summed E-state index contributed by atoms with van der Waals surface area (Å²) >= 11 is 3.39. The molecule has 94 valence electrons. The summed E-state index contributed by atoms with van der Waals surface area (Å²) in [6.07, 6.45) is 2.02. The number of nitrogens with one attached hydrogen (secondary N) is 1. The van der Waals surface area contributed by atoms with Gasteiger partial charge in [-0.3, -0.25) is 14.5 Å². The van der Waals surface area contributed by atoms with E-state index in [1.807, 2.05) is 7.05 Å². The van der Waals surface area contributed by atoms with Crippen LogP contribution in [0.15, 0.2) is 10.7 Å². The summed E-state index contributed by atoms with van der Waals surface area (Å²) in [5, 5.41) is 5.70. The van der Waals surface area contributed by atoms with Crippen molar-refractivity contribution in [1.82, 2.24) is 20.2 Å². The molecule has 2 rings (SSSR count). The lowest BCUT2D eigenvalue weighted by molar-refractivity contribution is -0.133. The topological polar surface area (TPSA) is 59.4 Å². The summed E-state index contributed by atoms with van der Waals surface area (Å²) < 4.78 is 7.84. The molecule has 0 atom stereocenters. The summed E-state index contributed by atoms with van der Waals surface area (Å²) in [6, 6.07) is 0. The van der Waals surface area contributed by atoms with Crippen molar-refractivity contribution in [1.29, 1.82) is 0 Å².